The average molecular weight is 360 g/mol. The van der Waals surface area contributed by atoms with Crippen molar-refractivity contribution in [1.82, 2.24) is 0 Å². The molecule has 1 fully saturated rings. The maximum Gasteiger partial charge on any atom is 0.272 e. The van der Waals surface area contributed by atoms with Crippen LogP contribution in [0.1, 0.15) is 28.8 Å². The summed E-state index contributed by atoms with van der Waals surface area (Å²) in [6.45, 7) is 1.98. The van der Waals surface area contributed by atoms with E-state index >= 15 is 0 Å². The van der Waals surface area contributed by atoms with Crippen molar-refractivity contribution in [3.05, 3.63) is 112 Å². The van der Waals surface area contributed by atoms with Crippen LogP contribution in [0.15, 0.2) is 84.9 Å². The second-order valence-corrected chi connectivity index (χ2v) is 6.68. The Balaban J connectivity index is 1.87. The lowest BCUT2D eigenvalue weighted by molar-refractivity contribution is -0.531. The smallest absolute Gasteiger partial charge is 0.264 e. The van der Waals surface area contributed by atoms with Gasteiger partial charge in [-0.3, -0.25) is 15.0 Å². The number of hydrogen-bond donors (Lipinski definition) is 0. The summed E-state index contributed by atoms with van der Waals surface area (Å²) < 4.78 is 0. The second-order valence-electron chi connectivity index (χ2n) is 6.68. The lowest BCUT2D eigenvalue weighted by atomic mass is 9.90. The number of rotatable bonds is 4. The van der Waals surface area contributed by atoms with Crippen molar-refractivity contribution in [2.45, 2.75) is 25.1 Å². The lowest BCUT2D eigenvalue weighted by Gasteiger charge is -2.25. The number of anilines is 1. The highest BCUT2D eigenvalue weighted by molar-refractivity contribution is 5.49. The second kappa shape index (κ2) is 7.21. The van der Waals surface area contributed by atoms with Gasteiger partial charge in [0.15, 0.2) is 12.1 Å². The third-order valence-electron chi connectivity index (χ3n) is 5.00. The van der Waals surface area contributed by atoms with Gasteiger partial charge in [-0.25, -0.2) is 5.06 Å². The van der Waals surface area contributed by atoms with E-state index in [0.717, 1.165) is 22.4 Å². The highest BCUT2D eigenvalue weighted by atomic mass is 16.7. The first-order valence-corrected chi connectivity index (χ1v) is 8.92. The molecule has 0 aliphatic carbocycles. The quantitative estimate of drug-likeness (QED) is 0.492. The maximum atomic E-state index is 12.2. The molecule has 4 rings (SSSR count). The Morgan fingerprint density at radius 3 is 2.11 bits per heavy atom. The molecule has 27 heavy (non-hydrogen) atoms. The van der Waals surface area contributed by atoms with E-state index < -0.39 is 18.2 Å². The minimum absolute atomic E-state index is 0.211. The highest BCUT2D eigenvalue weighted by Gasteiger charge is 2.53. The summed E-state index contributed by atoms with van der Waals surface area (Å²) >= 11 is 0. The Morgan fingerprint density at radius 1 is 0.889 bits per heavy atom. The Bertz CT molecular complexity index is 931. The van der Waals surface area contributed by atoms with Crippen LogP contribution in [0.5, 0.6) is 0 Å². The molecule has 5 heteroatoms. The minimum Gasteiger partial charge on any atom is -0.264 e. The van der Waals surface area contributed by atoms with Gasteiger partial charge in [-0.2, -0.15) is 0 Å². The van der Waals surface area contributed by atoms with Crippen molar-refractivity contribution in [3.8, 4) is 0 Å². The zero-order valence-corrected chi connectivity index (χ0v) is 14.9. The Labute approximate surface area is 157 Å². The molecule has 1 aliphatic rings. The van der Waals surface area contributed by atoms with E-state index in [1.165, 1.54) is 0 Å². The zero-order chi connectivity index (χ0) is 18.8. The van der Waals surface area contributed by atoms with Gasteiger partial charge in [0.25, 0.3) is 6.04 Å². The summed E-state index contributed by atoms with van der Waals surface area (Å²) in [4.78, 5) is 18.2. The predicted molar refractivity (Wildman–Crippen MR) is 104 cm³/mol. The van der Waals surface area contributed by atoms with Crippen molar-refractivity contribution in [1.29, 1.82) is 0 Å². The third kappa shape index (κ3) is 3.17. The van der Waals surface area contributed by atoms with Crippen molar-refractivity contribution < 1.29 is 9.76 Å². The van der Waals surface area contributed by atoms with E-state index in [9.17, 15) is 10.1 Å². The molecule has 3 aromatic carbocycles. The fraction of sp³-hybridized carbons (Fsp3) is 0.182. The molecular formula is C22H20N2O3. The Hall–Kier alpha value is -3.18. The summed E-state index contributed by atoms with van der Waals surface area (Å²) in [7, 11) is 0. The van der Waals surface area contributed by atoms with Crippen LogP contribution < -0.4 is 5.06 Å². The van der Waals surface area contributed by atoms with E-state index in [0.29, 0.717) is 0 Å². The number of benzene rings is 3. The van der Waals surface area contributed by atoms with Crippen LogP contribution in [0, 0.1) is 17.0 Å². The van der Waals surface area contributed by atoms with Gasteiger partial charge >= 0.3 is 0 Å². The fourth-order valence-electron chi connectivity index (χ4n) is 3.71. The van der Waals surface area contributed by atoms with Crippen LogP contribution >= 0.6 is 0 Å². The molecule has 0 aromatic heterocycles. The number of nitrogens with zero attached hydrogens (tertiary/aromatic N) is 2. The summed E-state index contributed by atoms with van der Waals surface area (Å²) in [6, 6.07) is 25.3. The molecule has 1 saturated heterocycles. The summed E-state index contributed by atoms with van der Waals surface area (Å²) in [5.41, 5.74) is 3.52. The number of nitro groups is 1. The van der Waals surface area contributed by atoms with E-state index in [2.05, 4.69) is 0 Å². The van der Waals surface area contributed by atoms with Crippen molar-refractivity contribution in [3.63, 3.8) is 0 Å². The van der Waals surface area contributed by atoms with E-state index in [1.807, 2.05) is 91.9 Å². The van der Waals surface area contributed by atoms with Crippen LogP contribution in [0.3, 0.4) is 0 Å². The number of aryl methyl sites for hydroxylation is 1. The van der Waals surface area contributed by atoms with Crippen LogP contribution in [-0.2, 0) is 4.84 Å². The van der Waals surface area contributed by atoms with Crippen molar-refractivity contribution in [2.24, 2.45) is 0 Å². The molecule has 0 N–H and O–H groups in total. The first-order chi connectivity index (χ1) is 13.2. The average Bonchev–Trinajstić information content (AvgIpc) is 3.10. The highest BCUT2D eigenvalue weighted by Crippen LogP contribution is 2.46. The van der Waals surface area contributed by atoms with Crippen LogP contribution in [0.25, 0.3) is 0 Å². The van der Waals surface area contributed by atoms with Gasteiger partial charge in [-0.1, -0.05) is 72.8 Å². The lowest BCUT2D eigenvalue weighted by Crippen LogP contribution is -2.33. The molecule has 0 saturated carbocycles. The first-order valence-electron chi connectivity index (χ1n) is 8.92. The Morgan fingerprint density at radius 2 is 1.48 bits per heavy atom. The molecule has 0 radical (unpaired) electrons. The molecule has 5 nitrogen and oxygen atoms in total. The molecular weight excluding hydrogens is 340 g/mol. The van der Waals surface area contributed by atoms with Gasteiger partial charge < -0.3 is 0 Å². The molecule has 0 spiro atoms. The largest absolute Gasteiger partial charge is 0.272 e. The van der Waals surface area contributed by atoms with Crippen molar-refractivity contribution in [2.75, 3.05) is 5.06 Å². The number of para-hydroxylation sites is 1. The third-order valence-corrected chi connectivity index (χ3v) is 5.00. The molecule has 136 valence electrons. The van der Waals surface area contributed by atoms with Gasteiger partial charge in [-0.15, -0.1) is 0 Å². The van der Waals surface area contributed by atoms with Crippen LogP contribution in [0.4, 0.5) is 5.69 Å². The standard InChI is InChI=1S/C22H20N2O3/c1-16-10-8-9-15-19(16)20-21(24(25)26)22(17-11-4-2-5-12-17)27-23(20)18-13-6-3-7-14-18/h2-15,20-22H,1H3. The van der Waals surface area contributed by atoms with Crippen LogP contribution in [0.2, 0.25) is 0 Å². The van der Waals surface area contributed by atoms with Crippen LogP contribution in [-0.4, -0.2) is 11.0 Å². The van der Waals surface area contributed by atoms with Crippen molar-refractivity contribution >= 4 is 5.69 Å². The molecule has 3 aromatic rings. The zero-order valence-electron chi connectivity index (χ0n) is 14.9. The van der Waals surface area contributed by atoms with Gasteiger partial charge in [0.05, 0.1) is 5.69 Å². The van der Waals surface area contributed by atoms with E-state index in [-0.39, 0.29) is 4.92 Å². The van der Waals surface area contributed by atoms with E-state index in [4.69, 9.17) is 4.84 Å². The van der Waals surface area contributed by atoms with Gasteiger partial charge in [-0.05, 0) is 35.7 Å². The minimum atomic E-state index is -0.922. The number of hydrogen-bond acceptors (Lipinski definition) is 4. The molecule has 0 amide bonds. The summed E-state index contributed by atoms with van der Waals surface area (Å²) in [6.07, 6.45) is -0.661. The molecule has 1 heterocycles. The fourth-order valence-corrected chi connectivity index (χ4v) is 3.71. The van der Waals surface area contributed by atoms with Gasteiger partial charge in [0, 0.05) is 4.92 Å². The Kier molecular flexibility index (Phi) is 4.60. The summed E-state index contributed by atoms with van der Waals surface area (Å²) in [5.74, 6) is 0. The molecule has 1 aliphatic heterocycles. The van der Waals surface area contributed by atoms with Gasteiger partial charge in [0.2, 0.25) is 0 Å². The topological polar surface area (TPSA) is 55.6 Å². The number of hydroxylamine groups is 1. The molecule has 3 atom stereocenters. The SMILES string of the molecule is Cc1ccccc1C1C([N+](=O)[O-])C(c2ccccc2)ON1c1ccccc1. The molecule has 0 bridgehead atoms. The normalized spacial score (nSPS) is 22.0. The van der Waals surface area contributed by atoms with Gasteiger partial charge in [0.1, 0.15) is 0 Å². The first kappa shape index (κ1) is 17.2. The monoisotopic (exact) mass is 360 g/mol. The van der Waals surface area contributed by atoms with E-state index in [1.54, 1.807) is 5.06 Å². The maximum absolute atomic E-state index is 12.2. The predicted octanol–water partition coefficient (Wildman–Crippen LogP) is 4.87. The summed E-state index contributed by atoms with van der Waals surface area (Å²) in [5, 5.41) is 13.9. The molecule has 3 unspecified atom stereocenters.